The van der Waals surface area contributed by atoms with Crippen molar-refractivity contribution in [1.82, 2.24) is 14.9 Å². The summed E-state index contributed by atoms with van der Waals surface area (Å²) in [5, 5.41) is 3.00. The van der Waals surface area contributed by atoms with E-state index in [4.69, 9.17) is 0 Å². The average molecular weight is 251 g/mol. The van der Waals surface area contributed by atoms with E-state index in [1.54, 1.807) is 19.3 Å². The van der Waals surface area contributed by atoms with E-state index in [1.165, 1.54) is 6.07 Å². The van der Waals surface area contributed by atoms with E-state index in [2.05, 4.69) is 10.3 Å². The highest BCUT2D eigenvalue weighted by molar-refractivity contribution is 5.22. The molecule has 3 nitrogen and oxygen atoms in total. The predicted molar refractivity (Wildman–Crippen MR) is 65.1 cm³/mol. The van der Waals surface area contributed by atoms with Crippen LogP contribution in [0.25, 0.3) is 0 Å². The lowest BCUT2D eigenvalue weighted by Crippen LogP contribution is -2.23. The SMILES string of the molecule is CNC(Cn1ccnc1C)c1cccc(F)c1F. The summed E-state index contributed by atoms with van der Waals surface area (Å²) in [6.07, 6.45) is 3.50. The molecule has 0 aliphatic carbocycles. The maximum Gasteiger partial charge on any atom is 0.163 e. The molecule has 0 aliphatic rings. The molecule has 1 aromatic heterocycles. The highest BCUT2D eigenvalue weighted by Crippen LogP contribution is 2.21. The second kappa shape index (κ2) is 5.27. The molecule has 5 heteroatoms. The quantitative estimate of drug-likeness (QED) is 0.904. The zero-order chi connectivity index (χ0) is 13.1. The number of nitrogens with zero attached hydrogens (tertiary/aromatic N) is 2. The molecule has 18 heavy (non-hydrogen) atoms. The van der Waals surface area contributed by atoms with Gasteiger partial charge < -0.3 is 9.88 Å². The van der Waals surface area contributed by atoms with Crippen molar-refractivity contribution >= 4 is 0 Å². The van der Waals surface area contributed by atoms with Crippen molar-refractivity contribution in [3.05, 3.63) is 53.6 Å². The predicted octanol–water partition coefficient (Wildman–Crippen LogP) is 2.43. The molecule has 0 saturated heterocycles. The Labute approximate surface area is 104 Å². The van der Waals surface area contributed by atoms with Gasteiger partial charge in [-0.15, -0.1) is 0 Å². The molecule has 1 atom stereocenters. The largest absolute Gasteiger partial charge is 0.333 e. The first-order chi connectivity index (χ1) is 8.63. The minimum atomic E-state index is -0.824. The molecule has 0 aliphatic heterocycles. The summed E-state index contributed by atoms with van der Waals surface area (Å²) in [6, 6.07) is 3.92. The van der Waals surface area contributed by atoms with E-state index in [0.717, 1.165) is 11.9 Å². The first-order valence-electron chi connectivity index (χ1n) is 5.72. The molecule has 1 unspecified atom stereocenters. The van der Waals surface area contributed by atoms with Crippen molar-refractivity contribution in [3.63, 3.8) is 0 Å². The number of imidazole rings is 1. The fourth-order valence-electron chi connectivity index (χ4n) is 1.93. The Morgan fingerprint density at radius 2 is 2.17 bits per heavy atom. The topological polar surface area (TPSA) is 29.9 Å². The number of nitrogens with one attached hydrogen (secondary N) is 1. The maximum absolute atomic E-state index is 13.7. The van der Waals surface area contributed by atoms with Crippen LogP contribution in [0.5, 0.6) is 0 Å². The van der Waals surface area contributed by atoms with E-state index in [9.17, 15) is 8.78 Å². The van der Waals surface area contributed by atoms with Crippen LogP contribution in [0, 0.1) is 18.6 Å². The second-order valence-corrected chi connectivity index (χ2v) is 4.11. The Hall–Kier alpha value is -1.75. The van der Waals surface area contributed by atoms with Crippen LogP contribution in [0.15, 0.2) is 30.6 Å². The molecule has 1 aromatic carbocycles. The molecule has 2 rings (SSSR count). The summed E-state index contributed by atoms with van der Waals surface area (Å²) in [6.45, 7) is 2.37. The number of aryl methyl sites for hydroxylation is 1. The number of likely N-dealkylation sites (N-methyl/N-ethyl adjacent to an activating group) is 1. The lowest BCUT2D eigenvalue weighted by atomic mass is 10.1. The number of benzene rings is 1. The first kappa shape index (κ1) is 12.7. The molecular formula is C13H15F2N3. The Morgan fingerprint density at radius 1 is 1.39 bits per heavy atom. The lowest BCUT2D eigenvalue weighted by molar-refractivity contribution is 0.443. The molecule has 96 valence electrons. The normalized spacial score (nSPS) is 12.7. The average Bonchev–Trinajstić information content (AvgIpc) is 2.76. The van der Waals surface area contributed by atoms with Crippen LogP contribution in [0.3, 0.4) is 0 Å². The van der Waals surface area contributed by atoms with Crippen LogP contribution in [-0.2, 0) is 6.54 Å². The Balaban J connectivity index is 2.29. The summed E-state index contributed by atoms with van der Waals surface area (Å²) >= 11 is 0. The minimum absolute atomic E-state index is 0.298. The summed E-state index contributed by atoms with van der Waals surface area (Å²) in [5.41, 5.74) is 0.325. The van der Waals surface area contributed by atoms with Crippen molar-refractivity contribution in [2.45, 2.75) is 19.5 Å². The van der Waals surface area contributed by atoms with Crippen molar-refractivity contribution in [2.24, 2.45) is 0 Å². The maximum atomic E-state index is 13.7. The van der Waals surface area contributed by atoms with Crippen LogP contribution in [0.2, 0.25) is 0 Å². The van der Waals surface area contributed by atoms with E-state index in [1.807, 2.05) is 17.7 Å². The summed E-state index contributed by atoms with van der Waals surface area (Å²) in [5.74, 6) is -0.781. The Bertz CT molecular complexity index is 537. The zero-order valence-electron chi connectivity index (χ0n) is 10.3. The van der Waals surface area contributed by atoms with Gasteiger partial charge in [0.15, 0.2) is 11.6 Å². The van der Waals surface area contributed by atoms with Crippen LogP contribution in [0.4, 0.5) is 8.78 Å². The molecule has 0 amide bonds. The second-order valence-electron chi connectivity index (χ2n) is 4.11. The van der Waals surface area contributed by atoms with Gasteiger partial charge in [-0.1, -0.05) is 12.1 Å². The van der Waals surface area contributed by atoms with Gasteiger partial charge in [0, 0.05) is 24.5 Å². The van der Waals surface area contributed by atoms with E-state index in [0.29, 0.717) is 12.1 Å². The van der Waals surface area contributed by atoms with E-state index >= 15 is 0 Å². The molecule has 1 N–H and O–H groups in total. The number of aromatic nitrogens is 2. The van der Waals surface area contributed by atoms with Gasteiger partial charge in [-0.25, -0.2) is 13.8 Å². The van der Waals surface area contributed by atoms with Crippen LogP contribution in [-0.4, -0.2) is 16.6 Å². The van der Waals surface area contributed by atoms with Crippen LogP contribution >= 0.6 is 0 Å². The molecule has 0 spiro atoms. The molecule has 0 bridgehead atoms. The lowest BCUT2D eigenvalue weighted by Gasteiger charge is -2.19. The van der Waals surface area contributed by atoms with Gasteiger partial charge in [0.1, 0.15) is 5.82 Å². The van der Waals surface area contributed by atoms with Crippen molar-refractivity contribution in [1.29, 1.82) is 0 Å². The van der Waals surface area contributed by atoms with Gasteiger partial charge in [0.2, 0.25) is 0 Å². The van der Waals surface area contributed by atoms with Crippen molar-refractivity contribution in [2.75, 3.05) is 7.05 Å². The number of hydrogen-bond acceptors (Lipinski definition) is 2. The fraction of sp³-hybridized carbons (Fsp3) is 0.308. The fourth-order valence-corrected chi connectivity index (χ4v) is 1.93. The monoisotopic (exact) mass is 251 g/mol. The van der Waals surface area contributed by atoms with Crippen molar-refractivity contribution in [3.8, 4) is 0 Å². The molecule has 0 radical (unpaired) electrons. The van der Waals surface area contributed by atoms with E-state index < -0.39 is 11.6 Å². The Morgan fingerprint density at radius 3 is 2.78 bits per heavy atom. The van der Waals surface area contributed by atoms with Gasteiger partial charge in [-0.2, -0.15) is 0 Å². The summed E-state index contributed by atoms with van der Waals surface area (Å²) < 4.78 is 28.8. The number of halogens is 2. The standard InChI is InChI=1S/C13H15F2N3/c1-9-17-6-7-18(9)8-12(16-2)10-4-3-5-11(14)13(10)15/h3-7,12,16H,8H2,1-2H3. The first-order valence-corrected chi connectivity index (χ1v) is 5.72. The smallest absolute Gasteiger partial charge is 0.163 e. The molecule has 0 saturated carbocycles. The third-order valence-electron chi connectivity index (χ3n) is 3.01. The molecule has 2 aromatic rings. The molecule has 0 fully saturated rings. The van der Waals surface area contributed by atoms with E-state index in [-0.39, 0.29) is 6.04 Å². The molecular weight excluding hydrogens is 236 g/mol. The van der Waals surface area contributed by atoms with Gasteiger partial charge in [0.25, 0.3) is 0 Å². The minimum Gasteiger partial charge on any atom is -0.333 e. The van der Waals surface area contributed by atoms with Gasteiger partial charge in [0.05, 0.1) is 6.04 Å². The highest BCUT2D eigenvalue weighted by Gasteiger charge is 2.17. The summed E-state index contributed by atoms with van der Waals surface area (Å²) in [7, 11) is 1.72. The zero-order valence-corrected chi connectivity index (χ0v) is 10.3. The highest BCUT2D eigenvalue weighted by atomic mass is 19.2. The van der Waals surface area contributed by atoms with Gasteiger partial charge in [-0.3, -0.25) is 0 Å². The van der Waals surface area contributed by atoms with Gasteiger partial charge in [-0.05, 0) is 20.0 Å². The third-order valence-corrected chi connectivity index (χ3v) is 3.01. The summed E-state index contributed by atoms with van der Waals surface area (Å²) in [4.78, 5) is 4.10. The van der Waals surface area contributed by atoms with Gasteiger partial charge >= 0.3 is 0 Å². The number of hydrogen-bond donors (Lipinski definition) is 1. The van der Waals surface area contributed by atoms with Crippen molar-refractivity contribution < 1.29 is 8.78 Å². The van der Waals surface area contributed by atoms with Crippen LogP contribution in [0.1, 0.15) is 17.4 Å². The third kappa shape index (κ3) is 2.41. The molecule has 1 heterocycles. The number of rotatable bonds is 4. The van der Waals surface area contributed by atoms with Crippen LogP contribution < -0.4 is 5.32 Å². The Kier molecular flexibility index (Phi) is 3.72.